The van der Waals surface area contributed by atoms with Crippen LogP contribution < -0.4 is 10.5 Å². The van der Waals surface area contributed by atoms with Crippen molar-refractivity contribution in [2.45, 2.75) is 37.4 Å². The van der Waals surface area contributed by atoms with E-state index in [4.69, 9.17) is 15.2 Å². The topological polar surface area (TPSA) is 64.7 Å². The molecule has 1 atom stereocenters. The average molecular weight is 265 g/mol. The van der Waals surface area contributed by atoms with Crippen LogP contribution in [0.4, 0.5) is 0 Å². The molecule has 0 heterocycles. The Labute approximate surface area is 114 Å². The van der Waals surface area contributed by atoms with E-state index in [9.17, 15) is 5.11 Å². The first-order valence-electron chi connectivity index (χ1n) is 6.86. The van der Waals surface area contributed by atoms with Gasteiger partial charge in [-0.05, 0) is 49.9 Å². The predicted molar refractivity (Wildman–Crippen MR) is 74.2 cm³/mol. The number of ether oxygens (including phenoxy) is 2. The number of hydrogen-bond donors (Lipinski definition) is 2. The molecule has 1 aromatic rings. The molecule has 0 bridgehead atoms. The average Bonchev–Trinajstić information content (AvgIpc) is 3.21. The Morgan fingerprint density at radius 1 is 1.42 bits per heavy atom. The second kappa shape index (κ2) is 6.37. The van der Waals surface area contributed by atoms with Crippen LogP contribution in [0.2, 0.25) is 0 Å². The standard InChI is InChI=1S/C15H23NO3/c1-18-11-15(17,8-3-9-16)12-4-2-5-14(10-12)19-13-6-7-13/h2,4-5,10,13,17H,3,6-9,11,16H2,1H3. The molecule has 19 heavy (non-hydrogen) atoms. The predicted octanol–water partition coefficient (Wildman–Crippen LogP) is 1.80. The Morgan fingerprint density at radius 2 is 2.21 bits per heavy atom. The molecule has 1 unspecified atom stereocenters. The fourth-order valence-corrected chi connectivity index (χ4v) is 2.17. The van der Waals surface area contributed by atoms with Crippen molar-refractivity contribution in [3.63, 3.8) is 0 Å². The van der Waals surface area contributed by atoms with Crippen molar-refractivity contribution >= 4 is 0 Å². The van der Waals surface area contributed by atoms with Crippen LogP contribution in [0.25, 0.3) is 0 Å². The monoisotopic (exact) mass is 265 g/mol. The van der Waals surface area contributed by atoms with Crippen molar-refractivity contribution in [3.8, 4) is 5.75 Å². The van der Waals surface area contributed by atoms with E-state index in [0.29, 0.717) is 19.1 Å². The van der Waals surface area contributed by atoms with Gasteiger partial charge in [-0.25, -0.2) is 0 Å². The lowest BCUT2D eigenvalue weighted by Crippen LogP contribution is -2.32. The third-order valence-corrected chi connectivity index (χ3v) is 3.38. The lowest BCUT2D eigenvalue weighted by atomic mass is 9.89. The van der Waals surface area contributed by atoms with Gasteiger partial charge in [-0.2, -0.15) is 0 Å². The highest BCUT2D eigenvalue weighted by Crippen LogP contribution is 2.32. The summed E-state index contributed by atoms with van der Waals surface area (Å²) in [6.07, 6.45) is 3.95. The van der Waals surface area contributed by atoms with Crippen molar-refractivity contribution in [1.82, 2.24) is 0 Å². The van der Waals surface area contributed by atoms with Gasteiger partial charge in [0.05, 0.1) is 12.7 Å². The zero-order valence-electron chi connectivity index (χ0n) is 11.5. The van der Waals surface area contributed by atoms with Crippen LogP contribution in [0, 0.1) is 0 Å². The molecule has 2 rings (SSSR count). The number of nitrogens with two attached hydrogens (primary N) is 1. The van der Waals surface area contributed by atoms with Crippen LogP contribution in [-0.2, 0) is 10.3 Å². The van der Waals surface area contributed by atoms with Crippen LogP contribution in [0.3, 0.4) is 0 Å². The number of rotatable bonds is 8. The van der Waals surface area contributed by atoms with Crippen LogP contribution in [0.5, 0.6) is 5.75 Å². The summed E-state index contributed by atoms with van der Waals surface area (Å²) in [6.45, 7) is 0.824. The van der Waals surface area contributed by atoms with Gasteiger partial charge >= 0.3 is 0 Å². The molecule has 1 fully saturated rings. The van der Waals surface area contributed by atoms with E-state index >= 15 is 0 Å². The molecule has 0 amide bonds. The molecule has 1 aromatic carbocycles. The van der Waals surface area contributed by atoms with E-state index in [1.165, 1.54) is 0 Å². The molecule has 1 saturated carbocycles. The Kier molecular flexibility index (Phi) is 4.80. The molecule has 0 spiro atoms. The van der Waals surface area contributed by atoms with Gasteiger partial charge in [0, 0.05) is 7.11 Å². The molecular formula is C15H23NO3. The minimum Gasteiger partial charge on any atom is -0.490 e. The lowest BCUT2D eigenvalue weighted by molar-refractivity contribution is -0.0431. The smallest absolute Gasteiger partial charge is 0.120 e. The van der Waals surface area contributed by atoms with Gasteiger partial charge in [0.2, 0.25) is 0 Å². The minimum absolute atomic E-state index is 0.264. The van der Waals surface area contributed by atoms with Gasteiger partial charge in [-0.15, -0.1) is 0 Å². The minimum atomic E-state index is -0.989. The highest BCUT2D eigenvalue weighted by Gasteiger charge is 2.30. The molecule has 3 N–H and O–H groups in total. The van der Waals surface area contributed by atoms with Crippen molar-refractivity contribution in [1.29, 1.82) is 0 Å². The summed E-state index contributed by atoms with van der Waals surface area (Å²) in [7, 11) is 1.60. The van der Waals surface area contributed by atoms with Crippen LogP contribution in [-0.4, -0.2) is 31.5 Å². The van der Waals surface area contributed by atoms with Crippen molar-refractivity contribution in [2.75, 3.05) is 20.3 Å². The van der Waals surface area contributed by atoms with Crippen LogP contribution in [0.15, 0.2) is 24.3 Å². The summed E-state index contributed by atoms with van der Waals surface area (Å²) in [6, 6.07) is 7.66. The molecular weight excluding hydrogens is 242 g/mol. The van der Waals surface area contributed by atoms with Crippen LogP contribution >= 0.6 is 0 Å². The van der Waals surface area contributed by atoms with Gasteiger partial charge in [-0.1, -0.05) is 12.1 Å². The van der Waals surface area contributed by atoms with Gasteiger partial charge in [-0.3, -0.25) is 0 Å². The lowest BCUT2D eigenvalue weighted by Gasteiger charge is -2.28. The van der Waals surface area contributed by atoms with E-state index in [1.54, 1.807) is 7.11 Å². The fraction of sp³-hybridized carbons (Fsp3) is 0.600. The van der Waals surface area contributed by atoms with E-state index in [2.05, 4.69) is 0 Å². The Hall–Kier alpha value is -1.10. The van der Waals surface area contributed by atoms with Gasteiger partial charge in [0.15, 0.2) is 0 Å². The summed E-state index contributed by atoms with van der Waals surface area (Å²) in [5.41, 5.74) is 5.38. The van der Waals surface area contributed by atoms with Gasteiger partial charge in [0.1, 0.15) is 11.4 Å². The molecule has 0 aromatic heterocycles. The summed E-state index contributed by atoms with van der Waals surface area (Å²) in [5, 5.41) is 10.8. The molecule has 1 aliphatic rings. The maximum Gasteiger partial charge on any atom is 0.120 e. The van der Waals surface area contributed by atoms with E-state index in [1.807, 2.05) is 24.3 Å². The Balaban J connectivity index is 2.14. The molecule has 0 aliphatic heterocycles. The van der Waals surface area contributed by atoms with Crippen molar-refractivity contribution < 1.29 is 14.6 Å². The first-order valence-corrected chi connectivity index (χ1v) is 6.86. The van der Waals surface area contributed by atoms with Crippen molar-refractivity contribution in [2.24, 2.45) is 5.73 Å². The van der Waals surface area contributed by atoms with Gasteiger partial charge < -0.3 is 20.3 Å². The second-order valence-electron chi connectivity index (χ2n) is 5.20. The number of benzene rings is 1. The first kappa shape index (κ1) is 14.3. The number of aliphatic hydroxyl groups is 1. The van der Waals surface area contributed by atoms with Gasteiger partial charge in [0.25, 0.3) is 0 Å². The summed E-state index contributed by atoms with van der Waals surface area (Å²) < 4.78 is 10.9. The van der Waals surface area contributed by atoms with E-state index in [-0.39, 0.29) is 6.61 Å². The quantitative estimate of drug-likeness (QED) is 0.752. The summed E-state index contributed by atoms with van der Waals surface area (Å²) in [5.74, 6) is 0.822. The molecule has 1 aliphatic carbocycles. The zero-order chi connectivity index (χ0) is 13.7. The van der Waals surface area contributed by atoms with Crippen molar-refractivity contribution in [3.05, 3.63) is 29.8 Å². The SMILES string of the molecule is COCC(O)(CCCN)c1cccc(OC2CC2)c1. The maximum absolute atomic E-state index is 10.8. The fourth-order valence-electron chi connectivity index (χ4n) is 2.17. The molecule has 0 radical (unpaired) electrons. The molecule has 106 valence electrons. The Bertz CT molecular complexity index is 406. The third-order valence-electron chi connectivity index (χ3n) is 3.38. The third kappa shape index (κ3) is 3.93. The first-order chi connectivity index (χ1) is 9.18. The normalized spacial score (nSPS) is 18.1. The highest BCUT2D eigenvalue weighted by atomic mass is 16.5. The highest BCUT2D eigenvalue weighted by molar-refractivity contribution is 5.33. The number of hydrogen-bond acceptors (Lipinski definition) is 4. The second-order valence-corrected chi connectivity index (χ2v) is 5.20. The molecule has 0 saturated heterocycles. The Morgan fingerprint density at radius 3 is 2.84 bits per heavy atom. The summed E-state index contributed by atoms with van der Waals surface area (Å²) >= 11 is 0. The number of methoxy groups -OCH3 is 1. The maximum atomic E-state index is 10.8. The summed E-state index contributed by atoms with van der Waals surface area (Å²) in [4.78, 5) is 0. The van der Waals surface area contributed by atoms with E-state index < -0.39 is 5.60 Å². The molecule has 4 heteroatoms. The molecule has 4 nitrogen and oxygen atoms in total. The van der Waals surface area contributed by atoms with Crippen LogP contribution in [0.1, 0.15) is 31.2 Å². The zero-order valence-corrected chi connectivity index (χ0v) is 11.5. The van der Waals surface area contributed by atoms with E-state index in [0.717, 1.165) is 30.6 Å². The largest absolute Gasteiger partial charge is 0.490 e.